The molecule has 3 aliphatic rings. The molecule has 2 aromatic rings. The number of aromatic nitrogens is 2. The van der Waals surface area contributed by atoms with Crippen molar-refractivity contribution in [3.05, 3.63) is 49.0 Å². The van der Waals surface area contributed by atoms with Crippen LogP contribution in [0, 0.1) is 0 Å². The number of likely N-dealkylation sites (tertiary alicyclic amines) is 1. The summed E-state index contributed by atoms with van der Waals surface area (Å²) in [6, 6.07) is 12.0. The van der Waals surface area contributed by atoms with Crippen molar-refractivity contribution in [2.24, 2.45) is 0 Å². The molecule has 8 heteroatoms. The van der Waals surface area contributed by atoms with Gasteiger partial charge in [-0.1, -0.05) is 0 Å². The Morgan fingerprint density at radius 2 is 2.03 bits per heavy atom. The third-order valence-electron chi connectivity index (χ3n) is 5.77. The van der Waals surface area contributed by atoms with Crippen LogP contribution in [0.5, 0.6) is 11.5 Å². The third-order valence-corrected chi connectivity index (χ3v) is 8.58. The van der Waals surface area contributed by atoms with Crippen molar-refractivity contribution < 1.29 is 19.0 Å². The topological polar surface area (TPSA) is 80.9 Å². The number of nitrogens with zero attached hydrogens (tertiary/aromatic N) is 3. The van der Waals surface area contributed by atoms with E-state index in [-0.39, 0.29) is 6.61 Å². The van der Waals surface area contributed by atoms with Crippen LogP contribution in [-0.4, -0.2) is 75.2 Å². The summed E-state index contributed by atoms with van der Waals surface area (Å²) in [6.45, 7) is 2.94. The number of ether oxygens (including phenoxy) is 2. The predicted molar refractivity (Wildman–Crippen MR) is 125 cm³/mol. The number of aliphatic hydroxyl groups is 1. The van der Waals surface area contributed by atoms with Crippen LogP contribution in [0.1, 0.15) is 12.8 Å². The maximum absolute atomic E-state index is 10.4. The molecule has 1 fully saturated rings. The number of fused-ring (bicyclic) bond motifs is 2. The molecular formula is C24H26AsN3O4. The zero-order valence-corrected chi connectivity index (χ0v) is 20.1. The zero-order valence-electron chi connectivity index (χ0n) is 18.0. The Bertz CT molecular complexity index is 1180. The van der Waals surface area contributed by atoms with Gasteiger partial charge in [0.25, 0.3) is 0 Å². The van der Waals surface area contributed by atoms with Crippen molar-refractivity contribution in [1.29, 1.82) is 0 Å². The van der Waals surface area contributed by atoms with Crippen LogP contribution in [0.2, 0.25) is 0 Å². The summed E-state index contributed by atoms with van der Waals surface area (Å²) in [6.07, 6.45) is 5.16. The number of methoxy groups -OCH3 is 1. The minimum atomic E-state index is -0.710. The molecule has 3 heterocycles. The second-order valence-corrected chi connectivity index (χ2v) is 10.6. The molecule has 0 spiro atoms. The third kappa shape index (κ3) is 4.46. The van der Waals surface area contributed by atoms with Crippen LogP contribution in [0.3, 0.4) is 0 Å². The molecule has 0 saturated carbocycles. The molecule has 166 valence electrons. The Balaban J connectivity index is 1.37. The number of aliphatic hydroxyl groups excluding tert-OH is 1. The number of hydrogen-bond donors (Lipinski definition) is 1. The average Bonchev–Trinajstić information content (AvgIpc) is 3.47. The molecule has 7 nitrogen and oxygen atoms in total. The van der Waals surface area contributed by atoms with Gasteiger partial charge in [0.2, 0.25) is 0 Å². The summed E-state index contributed by atoms with van der Waals surface area (Å²) >= 11 is -0.710. The van der Waals surface area contributed by atoms with Crippen molar-refractivity contribution >= 4 is 35.5 Å². The molecule has 1 aromatic heterocycles. The summed E-state index contributed by atoms with van der Waals surface area (Å²) in [7, 11) is 1.63. The SMILES string of the molecule is COc1cc2c([AsH]c3ccc4occcc3-4)ncnc2cc1OCC(O)CN1CCCC1. The van der Waals surface area contributed by atoms with Gasteiger partial charge < -0.3 is 0 Å². The van der Waals surface area contributed by atoms with Crippen molar-refractivity contribution in [3.8, 4) is 22.8 Å². The van der Waals surface area contributed by atoms with Gasteiger partial charge in [-0.3, -0.25) is 0 Å². The Labute approximate surface area is 193 Å². The van der Waals surface area contributed by atoms with E-state index in [9.17, 15) is 5.11 Å². The molecule has 5 rings (SSSR count). The second-order valence-electron chi connectivity index (χ2n) is 7.98. The van der Waals surface area contributed by atoms with Crippen LogP contribution in [0.15, 0.2) is 53.4 Å². The van der Waals surface area contributed by atoms with Crippen molar-refractivity contribution in [2.45, 2.75) is 18.9 Å². The Hall–Kier alpha value is -2.60. The van der Waals surface area contributed by atoms with E-state index in [0.29, 0.717) is 18.0 Å². The van der Waals surface area contributed by atoms with Crippen LogP contribution < -0.4 is 18.3 Å². The monoisotopic (exact) mass is 495 g/mol. The van der Waals surface area contributed by atoms with Gasteiger partial charge in [0.15, 0.2) is 0 Å². The molecule has 32 heavy (non-hydrogen) atoms. The summed E-state index contributed by atoms with van der Waals surface area (Å²) in [5, 5.41) is 11.4. The van der Waals surface area contributed by atoms with E-state index >= 15 is 0 Å². The van der Waals surface area contributed by atoms with Gasteiger partial charge in [-0.2, -0.15) is 0 Å². The van der Waals surface area contributed by atoms with E-state index in [1.54, 1.807) is 19.7 Å². The van der Waals surface area contributed by atoms with Crippen molar-refractivity contribution in [1.82, 2.24) is 14.9 Å². The Morgan fingerprint density at radius 3 is 2.88 bits per heavy atom. The van der Waals surface area contributed by atoms with E-state index in [4.69, 9.17) is 13.9 Å². The quantitative estimate of drug-likeness (QED) is 0.372. The summed E-state index contributed by atoms with van der Waals surface area (Å²) in [4.78, 5) is 11.3. The van der Waals surface area contributed by atoms with Gasteiger partial charge in [-0.05, 0) is 0 Å². The fraction of sp³-hybridized carbons (Fsp3) is 0.333. The van der Waals surface area contributed by atoms with Gasteiger partial charge >= 0.3 is 193 Å². The van der Waals surface area contributed by atoms with E-state index in [1.807, 2.05) is 24.3 Å². The molecule has 0 radical (unpaired) electrons. The summed E-state index contributed by atoms with van der Waals surface area (Å²) < 4.78 is 19.4. The van der Waals surface area contributed by atoms with Gasteiger partial charge in [-0.25, -0.2) is 0 Å². The normalized spacial score (nSPS) is 15.8. The van der Waals surface area contributed by atoms with E-state index < -0.39 is 21.9 Å². The number of β-amino-alcohol motifs (C(OH)–C–C–N with tert-alkyl or cyclic N) is 1. The number of rotatable bonds is 8. The number of benzene rings is 1. The van der Waals surface area contributed by atoms with Gasteiger partial charge in [-0.15, -0.1) is 0 Å². The molecule has 0 amide bonds. The Kier molecular flexibility index (Phi) is 6.30. The molecule has 1 N–H and O–H groups in total. The molecule has 1 aliphatic carbocycles. The fourth-order valence-corrected chi connectivity index (χ4v) is 6.73. The first-order valence-corrected chi connectivity index (χ1v) is 12.9. The number of hydrogen-bond acceptors (Lipinski definition) is 7. The minimum absolute atomic E-state index is 0.215. The molecule has 2 unspecified atom stereocenters. The molecule has 1 saturated heterocycles. The zero-order chi connectivity index (χ0) is 21.9. The average molecular weight is 495 g/mol. The van der Waals surface area contributed by atoms with E-state index in [0.717, 1.165) is 39.8 Å². The predicted octanol–water partition coefficient (Wildman–Crippen LogP) is 1.56. The maximum atomic E-state index is 10.4. The standard InChI is InChI=1S/C24H26AsN3O4/c1-30-22-11-18-20(12-23(22)32-14-16(29)13-28-8-2-3-9-28)26-15-27-24(18)25-19-6-7-21-17(19)5-4-10-31-21/h4-7,10-12,15-16,25,29H,2-3,8-9,13-14H2,1H3. The molecule has 0 bridgehead atoms. The van der Waals surface area contributed by atoms with Gasteiger partial charge in [0.1, 0.15) is 0 Å². The fourth-order valence-electron chi connectivity index (χ4n) is 4.17. The first kappa shape index (κ1) is 21.3. The van der Waals surface area contributed by atoms with Crippen LogP contribution in [0.4, 0.5) is 0 Å². The van der Waals surface area contributed by atoms with Crippen LogP contribution >= 0.6 is 0 Å². The molecule has 1 aromatic carbocycles. The first-order chi connectivity index (χ1) is 15.7. The van der Waals surface area contributed by atoms with Gasteiger partial charge in [0, 0.05) is 0 Å². The van der Waals surface area contributed by atoms with E-state index in [1.165, 1.54) is 17.2 Å². The van der Waals surface area contributed by atoms with Crippen LogP contribution in [0.25, 0.3) is 22.2 Å². The van der Waals surface area contributed by atoms with Crippen molar-refractivity contribution in [2.75, 3.05) is 33.4 Å². The molecule has 2 aliphatic heterocycles. The molecular weight excluding hydrogens is 469 g/mol. The summed E-state index contributed by atoms with van der Waals surface area (Å²) in [5.74, 6) is 2.10. The Morgan fingerprint density at radius 1 is 1.16 bits per heavy atom. The second kappa shape index (κ2) is 9.49. The van der Waals surface area contributed by atoms with E-state index in [2.05, 4.69) is 27.0 Å². The molecule has 2 atom stereocenters. The summed E-state index contributed by atoms with van der Waals surface area (Å²) in [5.41, 5.74) is 1.95. The van der Waals surface area contributed by atoms with Crippen LogP contribution in [-0.2, 0) is 0 Å². The first-order valence-electron chi connectivity index (χ1n) is 10.8. The van der Waals surface area contributed by atoms with Crippen molar-refractivity contribution in [3.63, 3.8) is 0 Å². The van der Waals surface area contributed by atoms with Gasteiger partial charge in [0.05, 0.1) is 0 Å².